The van der Waals surface area contributed by atoms with Gasteiger partial charge in [0.15, 0.2) is 0 Å². The molecule has 2 unspecified atom stereocenters. The van der Waals surface area contributed by atoms with E-state index >= 15 is 0 Å². The van der Waals surface area contributed by atoms with E-state index in [0.717, 1.165) is 11.0 Å². The molecule has 0 radical (unpaired) electrons. The number of rotatable bonds is 3. The zero-order valence-corrected chi connectivity index (χ0v) is 7.96. The van der Waals surface area contributed by atoms with Gasteiger partial charge in [-0.25, -0.2) is 4.98 Å². The molecule has 5 nitrogen and oxygen atoms in total. The van der Waals surface area contributed by atoms with Gasteiger partial charge in [-0.15, -0.1) is 0 Å². The standard InChI is InChI=1S/C10H12N2O3/c13-5-8(14)9(15)10-11-6-3-1-2-4-7(6)12-10/h1-4,8-9,13-15H,5H2,(H,11,12). The molecule has 5 heteroatoms. The van der Waals surface area contributed by atoms with E-state index in [1.54, 1.807) is 6.07 Å². The summed E-state index contributed by atoms with van der Waals surface area (Å²) in [6.07, 6.45) is -2.41. The number of nitrogens with one attached hydrogen (secondary N) is 1. The van der Waals surface area contributed by atoms with Gasteiger partial charge in [-0.3, -0.25) is 0 Å². The largest absolute Gasteiger partial charge is 0.394 e. The minimum Gasteiger partial charge on any atom is -0.394 e. The molecule has 2 aromatic rings. The Morgan fingerprint density at radius 3 is 2.67 bits per heavy atom. The Morgan fingerprint density at radius 1 is 1.27 bits per heavy atom. The molecule has 1 aromatic carbocycles. The third kappa shape index (κ3) is 1.85. The summed E-state index contributed by atoms with van der Waals surface area (Å²) in [6, 6.07) is 7.30. The van der Waals surface area contributed by atoms with Crippen molar-refractivity contribution in [3.8, 4) is 0 Å². The number of benzene rings is 1. The van der Waals surface area contributed by atoms with E-state index in [2.05, 4.69) is 9.97 Å². The van der Waals surface area contributed by atoms with Crippen molar-refractivity contribution in [2.75, 3.05) is 6.61 Å². The average Bonchev–Trinajstić information content (AvgIpc) is 2.70. The number of hydrogen-bond acceptors (Lipinski definition) is 4. The SMILES string of the molecule is OCC(O)C(O)c1nc2ccccc2[nH]1. The van der Waals surface area contributed by atoms with E-state index in [9.17, 15) is 10.2 Å². The summed E-state index contributed by atoms with van der Waals surface area (Å²) in [7, 11) is 0. The summed E-state index contributed by atoms with van der Waals surface area (Å²) in [6.45, 7) is -0.502. The van der Waals surface area contributed by atoms with Gasteiger partial charge in [0.1, 0.15) is 18.0 Å². The van der Waals surface area contributed by atoms with E-state index in [0.29, 0.717) is 0 Å². The van der Waals surface area contributed by atoms with Crippen LogP contribution in [0, 0.1) is 0 Å². The summed E-state index contributed by atoms with van der Waals surface area (Å²) in [4.78, 5) is 6.98. The van der Waals surface area contributed by atoms with Crippen LogP contribution in [0.15, 0.2) is 24.3 Å². The Kier molecular flexibility index (Phi) is 2.68. The molecule has 0 fully saturated rings. The molecule has 1 heterocycles. The lowest BCUT2D eigenvalue weighted by Crippen LogP contribution is -2.22. The van der Waals surface area contributed by atoms with E-state index in [1.807, 2.05) is 18.2 Å². The number of aliphatic hydroxyl groups excluding tert-OH is 3. The average molecular weight is 208 g/mol. The Labute approximate surface area is 86.0 Å². The zero-order chi connectivity index (χ0) is 10.8. The number of aromatic amines is 1. The van der Waals surface area contributed by atoms with Crippen LogP contribution in [0.4, 0.5) is 0 Å². The number of hydrogen-bond donors (Lipinski definition) is 4. The number of H-pyrrole nitrogens is 1. The smallest absolute Gasteiger partial charge is 0.140 e. The van der Waals surface area contributed by atoms with Crippen LogP contribution in [-0.2, 0) is 0 Å². The minimum atomic E-state index is -1.22. The first kappa shape index (κ1) is 10.1. The maximum atomic E-state index is 9.59. The predicted molar refractivity (Wildman–Crippen MR) is 54.1 cm³/mol. The van der Waals surface area contributed by atoms with Crippen LogP contribution in [0.2, 0.25) is 0 Å². The fourth-order valence-corrected chi connectivity index (χ4v) is 1.39. The normalized spacial score (nSPS) is 15.4. The van der Waals surface area contributed by atoms with Crippen molar-refractivity contribution in [2.24, 2.45) is 0 Å². The van der Waals surface area contributed by atoms with Gasteiger partial charge in [-0.05, 0) is 12.1 Å². The Morgan fingerprint density at radius 2 is 2.00 bits per heavy atom. The van der Waals surface area contributed by atoms with E-state index < -0.39 is 18.8 Å². The monoisotopic (exact) mass is 208 g/mol. The summed E-state index contributed by atoms with van der Waals surface area (Å²) in [5.74, 6) is 0.262. The Balaban J connectivity index is 2.36. The zero-order valence-electron chi connectivity index (χ0n) is 7.96. The van der Waals surface area contributed by atoms with Crippen molar-refractivity contribution in [1.82, 2.24) is 9.97 Å². The highest BCUT2D eigenvalue weighted by molar-refractivity contribution is 5.74. The molecular weight excluding hydrogens is 196 g/mol. The molecule has 15 heavy (non-hydrogen) atoms. The van der Waals surface area contributed by atoms with Crippen LogP contribution < -0.4 is 0 Å². The predicted octanol–water partition coefficient (Wildman–Crippen LogP) is -0.0505. The van der Waals surface area contributed by atoms with Crippen LogP contribution in [-0.4, -0.2) is 38.0 Å². The molecule has 1 aromatic heterocycles. The molecule has 2 atom stereocenters. The molecule has 0 aliphatic rings. The van der Waals surface area contributed by atoms with Gasteiger partial charge in [-0.1, -0.05) is 12.1 Å². The second kappa shape index (κ2) is 3.98. The lowest BCUT2D eigenvalue weighted by molar-refractivity contribution is -0.0189. The third-order valence-corrected chi connectivity index (χ3v) is 2.24. The molecule has 2 rings (SSSR count). The fraction of sp³-hybridized carbons (Fsp3) is 0.300. The van der Waals surface area contributed by atoms with Crippen molar-refractivity contribution >= 4 is 11.0 Å². The van der Waals surface area contributed by atoms with Crippen LogP contribution in [0.1, 0.15) is 11.9 Å². The highest BCUT2D eigenvalue weighted by atomic mass is 16.4. The lowest BCUT2D eigenvalue weighted by atomic mass is 10.2. The first-order valence-corrected chi connectivity index (χ1v) is 4.64. The Bertz CT molecular complexity index is 422. The van der Waals surface area contributed by atoms with E-state index in [-0.39, 0.29) is 5.82 Å². The van der Waals surface area contributed by atoms with Crippen LogP contribution in [0.25, 0.3) is 11.0 Å². The molecular formula is C10H12N2O3. The number of imidazole rings is 1. The molecule has 0 aliphatic heterocycles. The number of para-hydroxylation sites is 2. The summed E-state index contributed by atoms with van der Waals surface area (Å²) >= 11 is 0. The van der Waals surface area contributed by atoms with Gasteiger partial charge in [0, 0.05) is 0 Å². The molecule has 80 valence electrons. The fourth-order valence-electron chi connectivity index (χ4n) is 1.39. The highest BCUT2D eigenvalue weighted by Gasteiger charge is 2.20. The number of aliphatic hydroxyl groups is 3. The van der Waals surface area contributed by atoms with E-state index in [1.165, 1.54) is 0 Å². The first-order valence-electron chi connectivity index (χ1n) is 4.64. The maximum absolute atomic E-state index is 9.59. The summed E-state index contributed by atoms with van der Waals surface area (Å²) < 4.78 is 0. The number of aromatic nitrogens is 2. The quantitative estimate of drug-likeness (QED) is 0.569. The molecule has 0 aliphatic carbocycles. The van der Waals surface area contributed by atoms with Crippen LogP contribution in [0.5, 0.6) is 0 Å². The lowest BCUT2D eigenvalue weighted by Gasteiger charge is -2.12. The molecule has 0 bridgehead atoms. The van der Waals surface area contributed by atoms with Crippen molar-refractivity contribution in [3.05, 3.63) is 30.1 Å². The second-order valence-electron chi connectivity index (χ2n) is 3.33. The molecule has 4 N–H and O–H groups in total. The molecule has 0 saturated carbocycles. The van der Waals surface area contributed by atoms with E-state index in [4.69, 9.17) is 5.11 Å². The van der Waals surface area contributed by atoms with Crippen molar-refractivity contribution in [3.63, 3.8) is 0 Å². The van der Waals surface area contributed by atoms with Crippen molar-refractivity contribution in [1.29, 1.82) is 0 Å². The van der Waals surface area contributed by atoms with Crippen molar-refractivity contribution < 1.29 is 15.3 Å². The molecule has 0 spiro atoms. The van der Waals surface area contributed by atoms with Gasteiger partial charge < -0.3 is 20.3 Å². The Hall–Kier alpha value is -1.43. The van der Waals surface area contributed by atoms with Gasteiger partial charge >= 0.3 is 0 Å². The van der Waals surface area contributed by atoms with Crippen LogP contribution in [0.3, 0.4) is 0 Å². The maximum Gasteiger partial charge on any atom is 0.140 e. The molecule has 0 saturated heterocycles. The van der Waals surface area contributed by atoms with Gasteiger partial charge in [-0.2, -0.15) is 0 Å². The van der Waals surface area contributed by atoms with Gasteiger partial charge in [0.05, 0.1) is 17.6 Å². The van der Waals surface area contributed by atoms with Gasteiger partial charge in [0.25, 0.3) is 0 Å². The van der Waals surface area contributed by atoms with Crippen molar-refractivity contribution in [2.45, 2.75) is 12.2 Å². The third-order valence-electron chi connectivity index (χ3n) is 2.24. The highest BCUT2D eigenvalue weighted by Crippen LogP contribution is 2.17. The summed E-state index contributed by atoms with van der Waals surface area (Å²) in [5.41, 5.74) is 1.51. The summed E-state index contributed by atoms with van der Waals surface area (Å²) in [5, 5.41) is 27.5. The first-order chi connectivity index (χ1) is 7.22. The molecule has 0 amide bonds. The van der Waals surface area contributed by atoms with Crippen LogP contribution >= 0.6 is 0 Å². The number of fused-ring (bicyclic) bond motifs is 1. The minimum absolute atomic E-state index is 0.262. The number of nitrogens with zero attached hydrogens (tertiary/aromatic N) is 1. The van der Waals surface area contributed by atoms with Gasteiger partial charge in [0.2, 0.25) is 0 Å². The second-order valence-corrected chi connectivity index (χ2v) is 3.33. The topological polar surface area (TPSA) is 89.4 Å².